The Kier molecular flexibility index (Phi) is 7.50. The summed E-state index contributed by atoms with van der Waals surface area (Å²) in [6.45, 7) is 1.15. The molecule has 0 aliphatic heterocycles. The van der Waals surface area contributed by atoms with Crippen molar-refractivity contribution in [2.24, 2.45) is 5.41 Å². The molecule has 0 radical (unpaired) electrons. The Hall–Kier alpha value is -3.19. The molecule has 4 N–H and O–H groups in total. The zero-order chi connectivity index (χ0) is 21.4. The average Bonchev–Trinajstić information content (AvgIpc) is 2.69. The molecule has 0 fully saturated rings. The second-order valence-corrected chi connectivity index (χ2v) is 7.29. The molecule has 0 saturated carbocycles. The summed E-state index contributed by atoms with van der Waals surface area (Å²) in [6, 6.07) is 16.6. The van der Waals surface area contributed by atoms with E-state index in [0.29, 0.717) is 0 Å². The third kappa shape index (κ3) is 6.15. The number of carbonyl (C=O) groups excluding carboxylic acids is 1. The van der Waals surface area contributed by atoms with Gasteiger partial charge in [-0.05, 0) is 42.9 Å². The predicted octanol–water partition coefficient (Wildman–Crippen LogP) is 2.33. The lowest BCUT2D eigenvalue weighted by atomic mass is 9.79. The van der Waals surface area contributed by atoms with Crippen molar-refractivity contribution in [3.8, 4) is 11.1 Å². The number of nitrogens with one attached hydrogen (secondary N) is 1. The molecule has 2 rings (SSSR count). The minimum Gasteiger partial charge on any atom is -0.481 e. The van der Waals surface area contributed by atoms with Crippen molar-refractivity contribution in [2.75, 3.05) is 6.61 Å². The molecule has 0 saturated heterocycles. The van der Waals surface area contributed by atoms with Crippen molar-refractivity contribution in [1.82, 2.24) is 5.32 Å². The van der Waals surface area contributed by atoms with Crippen LogP contribution in [0.2, 0.25) is 0 Å². The molecular weight excluding hydrogens is 374 g/mol. The fourth-order valence-corrected chi connectivity index (χ4v) is 3.26. The van der Waals surface area contributed by atoms with Gasteiger partial charge in [0.15, 0.2) is 0 Å². The van der Waals surface area contributed by atoms with Crippen LogP contribution in [0.15, 0.2) is 54.6 Å². The Labute approximate surface area is 169 Å². The van der Waals surface area contributed by atoms with Gasteiger partial charge in [-0.2, -0.15) is 0 Å². The van der Waals surface area contributed by atoms with Gasteiger partial charge in [-0.1, -0.05) is 54.6 Å². The lowest BCUT2D eigenvalue weighted by Crippen LogP contribution is -2.45. The first-order valence-corrected chi connectivity index (χ1v) is 9.27. The van der Waals surface area contributed by atoms with Crippen LogP contribution in [0.5, 0.6) is 0 Å². The first-order chi connectivity index (χ1) is 13.7. The van der Waals surface area contributed by atoms with E-state index in [4.69, 9.17) is 5.11 Å². The van der Waals surface area contributed by atoms with Gasteiger partial charge in [-0.25, -0.2) is 4.79 Å². The molecule has 0 aliphatic carbocycles. The maximum absolute atomic E-state index is 11.7. The van der Waals surface area contributed by atoms with Crippen LogP contribution in [0.1, 0.15) is 25.3 Å². The molecule has 2 aromatic carbocycles. The number of carboxylic acid groups (broad SMARTS) is 2. The van der Waals surface area contributed by atoms with Crippen molar-refractivity contribution in [3.63, 3.8) is 0 Å². The average molecular weight is 399 g/mol. The highest BCUT2D eigenvalue weighted by molar-refractivity contribution is 6.31. The summed E-state index contributed by atoms with van der Waals surface area (Å²) >= 11 is 0. The maximum atomic E-state index is 11.7. The van der Waals surface area contributed by atoms with Crippen LogP contribution in [-0.2, 0) is 20.8 Å². The molecular formula is C22H25NO6. The standard InChI is InChI=1S/C22H25NO6/c1-22(11-12-24,21(28)29)14-18(23-19(25)20(26)27)13-15-7-9-17(10-8-15)16-5-3-2-4-6-16/h2-10,18,24H,11-14H2,1H3,(H,23,25)(H,26,27)(H,28,29)/t18-,22?/m1/s1. The molecule has 154 valence electrons. The summed E-state index contributed by atoms with van der Waals surface area (Å²) in [7, 11) is 0. The number of amides is 1. The highest BCUT2D eigenvalue weighted by atomic mass is 16.4. The van der Waals surface area contributed by atoms with E-state index >= 15 is 0 Å². The maximum Gasteiger partial charge on any atom is 0.394 e. The zero-order valence-corrected chi connectivity index (χ0v) is 16.2. The monoisotopic (exact) mass is 399 g/mol. The number of carbonyl (C=O) groups is 3. The van der Waals surface area contributed by atoms with Gasteiger partial charge in [0.05, 0.1) is 5.41 Å². The zero-order valence-electron chi connectivity index (χ0n) is 16.2. The molecule has 0 aromatic heterocycles. The Balaban J connectivity index is 2.21. The van der Waals surface area contributed by atoms with E-state index in [1.165, 1.54) is 6.92 Å². The van der Waals surface area contributed by atoms with Crippen LogP contribution in [0.3, 0.4) is 0 Å². The molecule has 2 atom stereocenters. The summed E-state index contributed by atoms with van der Waals surface area (Å²) < 4.78 is 0. The van der Waals surface area contributed by atoms with Crippen LogP contribution in [0, 0.1) is 5.41 Å². The molecule has 0 bridgehead atoms. The second kappa shape index (κ2) is 9.84. The molecule has 2 aromatic rings. The Bertz CT molecular complexity index is 849. The number of hydrogen-bond donors (Lipinski definition) is 4. The number of benzene rings is 2. The Morgan fingerprint density at radius 1 is 0.966 bits per heavy atom. The van der Waals surface area contributed by atoms with E-state index < -0.39 is 29.3 Å². The van der Waals surface area contributed by atoms with Crippen LogP contribution in [0.25, 0.3) is 11.1 Å². The van der Waals surface area contributed by atoms with Crippen molar-refractivity contribution in [3.05, 3.63) is 60.2 Å². The molecule has 0 spiro atoms. The summed E-state index contributed by atoms with van der Waals surface area (Å²) in [6.07, 6.45) is 0.249. The Morgan fingerprint density at radius 3 is 2.07 bits per heavy atom. The van der Waals surface area contributed by atoms with E-state index in [9.17, 15) is 24.6 Å². The first-order valence-electron chi connectivity index (χ1n) is 9.27. The first kappa shape index (κ1) is 22.1. The predicted molar refractivity (Wildman–Crippen MR) is 107 cm³/mol. The number of rotatable bonds is 9. The minimum absolute atomic E-state index is 0.00524. The lowest BCUT2D eigenvalue weighted by Gasteiger charge is -2.29. The summed E-state index contributed by atoms with van der Waals surface area (Å²) in [4.78, 5) is 34.3. The van der Waals surface area contributed by atoms with Gasteiger partial charge >= 0.3 is 17.8 Å². The van der Waals surface area contributed by atoms with Crippen LogP contribution in [-0.4, -0.2) is 45.8 Å². The molecule has 0 heterocycles. The fourth-order valence-electron chi connectivity index (χ4n) is 3.26. The normalized spacial score (nSPS) is 13.9. The quantitative estimate of drug-likeness (QED) is 0.480. The summed E-state index contributed by atoms with van der Waals surface area (Å²) in [5, 5.41) is 30.1. The smallest absolute Gasteiger partial charge is 0.394 e. The highest BCUT2D eigenvalue weighted by Crippen LogP contribution is 2.29. The van der Waals surface area contributed by atoms with Gasteiger partial charge in [-0.15, -0.1) is 0 Å². The molecule has 29 heavy (non-hydrogen) atoms. The topological polar surface area (TPSA) is 124 Å². The van der Waals surface area contributed by atoms with Crippen molar-refractivity contribution < 1.29 is 29.7 Å². The molecule has 0 aliphatic rings. The highest BCUT2D eigenvalue weighted by Gasteiger charge is 2.36. The third-order valence-corrected chi connectivity index (χ3v) is 4.95. The van der Waals surface area contributed by atoms with Crippen molar-refractivity contribution in [2.45, 2.75) is 32.2 Å². The van der Waals surface area contributed by atoms with E-state index in [-0.39, 0.29) is 25.9 Å². The van der Waals surface area contributed by atoms with Gasteiger partial charge in [0.1, 0.15) is 0 Å². The van der Waals surface area contributed by atoms with E-state index in [1.54, 1.807) is 0 Å². The van der Waals surface area contributed by atoms with Gasteiger partial charge in [0.2, 0.25) is 0 Å². The van der Waals surface area contributed by atoms with Crippen LogP contribution in [0.4, 0.5) is 0 Å². The van der Waals surface area contributed by atoms with Crippen LogP contribution < -0.4 is 5.32 Å². The number of aliphatic hydroxyl groups excluding tert-OH is 1. The molecule has 1 amide bonds. The largest absolute Gasteiger partial charge is 0.481 e. The number of aliphatic carboxylic acids is 2. The Morgan fingerprint density at radius 2 is 1.55 bits per heavy atom. The number of aliphatic hydroxyl groups is 1. The van der Waals surface area contributed by atoms with Crippen molar-refractivity contribution >= 4 is 17.8 Å². The molecule has 1 unspecified atom stereocenters. The summed E-state index contributed by atoms with van der Waals surface area (Å²) in [5.74, 6) is -3.93. The molecule has 7 nitrogen and oxygen atoms in total. The van der Waals surface area contributed by atoms with Gasteiger partial charge < -0.3 is 20.6 Å². The fraction of sp³-hybridized carbons (Fsp3) is 0.318. The van der Waals surface area contributed by atoms with Gasteiger partial charge in [0.25, 0.3) is 0 Å². The van der Waals surface area contributed by atoms with Gasteiger partial charge in [0, 0.05) is 12.6 Å². The number of hydrogen-bond acceptors (Lipinski definition) is 4. The van der Waals surface area contributed by atoms with E-state index in [2.05, 4.69) is 5.32 Å². The summed E-state index contributed by atoms with van der Waals surface area (Å²) in [5.41, 5.74) is 1.60. The number of carboxylic acids is 2. The van der Waals surface area contributed by atoms with Crippen molar-refractivity contribution in [1.29, 1.82) is 0 Å². The SMILES string of the molecule is CC(CCO)(C[C@@H](Cc1ccc(-c2ccccc2)cc1)NC(=O)C(=O)O)C(=O)O. The second-order valence-electron chi connectivity index (χ2n) is 7.29. The minimum atomic E-state index is -1.63. The molecule has 7 heteroatoms. The van der Waals surface area contributed by atoms with E-state index in [1.807, 2.05) is 54.6 Å². The van der Waals surface area contributed by atoms with Crippen LogP contribution >= 0.6 is 0 Å². The van der Waals surface area contributed by atoms with E-state index in [0.717, 1.165) is 16.7 Å². The van der Waals surface area contributed by atoms with Gasteiger partial charge in [-0.3, -0.25) is 9.59 Å². The lowest BCUT2D eigenvalue weighted by molar-refractivity contribution is -0.152. The third-order valence-electron chi connectivity index (χ3n) is 4.95.